The molecule has 24 heavy (non-hydrogen) atoms. The van der Waals surface area contributed by atoms with Crippen LogP contribution in [0, 0.1) is 16.0 Å². The molecule has 0 bridgehead atoms. The van der Waals surface area contributed by atoms with Crippen molar-refractivity contribution in [1.82, 2.24) is 10.2 Å². The van der Waals surface area contributed by atoms with Crippen LogP contribution in [0.4, 0.5) is 16.5 Å². The number of nitrogens with one attached hydrogen (secondary N) is 1. The maximum Gasteiger partial charge on any atom is 0.270 e. The Bertz CT molecular complexity index is 757. The number of non-ortho nitro benzene ring substituents is 1. The van der Waals surface area contributed by atoms with Gasteiger partial charge in [0.1, 0.15) is 5.01 Å². The van der Waals surface area contributed by atoms with Gasteiger partial charge in [-0.05, 0) is 12.0 Å². The summed E-state index contributed by atoms with van der Waals surface area (Å²) in [4.78, 5) is 24.7. The van der Waals surface area contributed by atoms with Gasteiger partial charge in [-0.1, -0.05) is 25.2 Å². The molecule has 0 aliphatic rings. The van der Waals surface area contributed by atoms with E-state index >= 15 is 0 Å². The third-order valence-electron chi connectivity index (χ3n) is 3.19. The molecule has 2 rings (SSSR count). The molecule has 0 saturated carbocycles. The SMILES string of the molecule is CC(C)Cc1nnc(NC(=O)c2cc([N+](=O)[O-])ccc2N(C)C)s1. The van der Waals surface area contributed by atoms with Gasteiger partial charge in [-0.25, -0.2) is 0 Å². The molecule has 0 fully saturated rings. The number of nitro groups is 1. The molecule has 1 heterocycles. The van der Waals surface area contributed by atoms with E-state index in [-0.39, 0.29) is 11.3 Å². The van der Waals surface area contributed by atoms with Crippen LogP contribution in [0.2, 0.25) is 0 Å². The van der Waals surface area contributed by atoms with E-state index in [1.807, 2.05) is 0 Å². The van der Waals surface area contributed by atoms with E-state index in [0.29, 0.717) is 16.7 Å². The largest absolute Gasteiger partial charge is 0.377 e. The summed E-state index contributed by atoms with van der Waals surface area (Å²) in [5, 5.41) is 22.8. The molecule has 128 valence electrons. The number of hydrogen-bond acceptors (Lipinski definition) is 7. The number of carbonyl (C=O) groups is 1. The molecule has 0 unspecified atom stereocenters. The number of anilines is 2. The van der Waals surface area contributed by atoms with Crippen molar-refractivity contribution in [1.29, 1.82) is 0 Å². The van der Waals surface area contributed by atoms with Crippen LogP contribution >= 0.6 is 11.3 Å². The highest BCUT2D eigenvalue weighted by atomic mass is 32.1. The number of nitrogens with zero attached hydrogens (tertiary/aromatic N) is 4. The van der Waals surface area contributed by atoms with E-state index in [9.17, 15) is 14.9 Å². The average Bonchev–Trinajstić information content (AvgIpc) is 2.92. The first-order valence-electron chi connectivity index (χ1n) is 7.37. The maximum atomic E-state index is 12.5. The number of carbonyl (C=O) groups excluding carboxylic acids is 1. The molecular formula is C15H19N5O3S. The summed E-state index contributed by atoms with van der Waals surface area (Å²) in [5.74, 6) is -0.00624. The lowest BCUT2D eigenvalue weighted by molar-refractivity contribution is -0.384. The van der Waals surface area contributed by atoms with E-state index < -0.39 is 10.8 Å². The van der Waals surface area contributed by atoms with Crippen molar-refractivity contribution in [2.75, 3.05) is 24.3 Å². The minimum absolute atomic E-state index is 0.136. The van der Waals surface area contributed by atoms with Crippen molar-refractivity contribution >= 4 is 33.8 Å². The molecular weight excluding hydrogens is 330 g/mol. The first-order valence-corrected chi connectivity index (χ1v) is 8.19. The summed E-state index contributed by atoms with van der Waals surface area (Å²) in [7, 11) is 3.53. The standard InChI is InChI=1S/C15H19N5O3S/c1-9(2)7-13-17-18-15(24-13)16-14(21)11-8-10(20(22)23)5-6-12(11)19(3)4/h5-6,8-9H,7H2,1-4H3,(H,16,18,21). The Morgan fingerprint density at radius 2 is 2.08 bits per heavy atom. The number of nitro benzene ring substituents is 1. The second kappa shape index (κ2) is 7.35. The lowest BCUT2D eigenvalue weighted by atomic mass is 10.1. The fourth-order valence-corrected chi connectivity index (χ4v) is 3.06. The average molecular weight is 349 g/mol. The number of aromatic nitrogens is 2. The predicted octanol–water partition coefficient (Wildman–Crippen LogP) is 2.96. The van der Waals surface area contributed by atoms with Gasteiger partial charge in [0.2, 0.25) is 5.13 Å². The molecule has 8 nitrogen and oxygen atoms in total. The zero-order valence-electron chi connectivity index (χ0n) is 13.9. The Kier molecular flexibility index (Phi) is 5.45. The molecule has 1 amide bonds. The van der Waals surface area contributed by atoms with Crippen LogP contribution in [-0.4, -0.2) is 35.1 Å². The Hall–Kier alpha value is -2.55. The van der Waals surface area contributed by atoms with Crippen molar-refractivity contribution in [3.05, 3.63) is 38.9 Å². The first kappa shape index (κ1) is 17.8. The summed E-state index contributed by atoms with van der Waals surface area (Å²) >= 11 is 1.31. The van der Waals surface area contributed by atoms with Gasteiger partial charge < -0.3 is 4.90 Å². The smallest absolute Gasteiger partial charge is 0.270 e. The lowest BCUT2D eigenvalue weighted by Gasteiger charge is -2.16. The van der Waals surface area contributed by atoms with E-state index in [2.05, 4.69) is 29.4 Å². The maximum absolute atomic E-state index is 12.5. The zero-order chi connectivity index (χ0) is 17.9. The highest BCUT2D eigenvalue weighted by molar-refractivity contribution is 7.15. The summed E-state index contributed by atoms with van der Waals surface area (Å²) in [6.07, 6.45) is 0.785. The number of benzene rings is 1. The molecule has 2 aromatic rings. The van der Waals surface area contributed by atoms with Gasteiger partial charge >= 0.3 is 0 Å². The molecule has 0 radical (unpaired) electrons. The molecule has 0 atom stereocenters. The van der Waals surface area contributed by atoms with Gasteiger partial charge in [0, 0.05) is 38.3 Å². The molecule has 1 aromatic heterocycles. The van der Waals surface area contributed by atoms with Gasteiger partial charge in [-0.2, -0.15) is 0 Å². The van der Waals surface area contributed by atoms with Gasteiger partial charge in [-0.3, -0.25) is 20.2 Å². The predicted molar refractivity (Wildman–Crippen MR) is 93.8 cm³/mol. The van der Waals surface area contributed by atoms with E-state index in [1.54, 1.807) is 25.1 Å². The highest BCUT2D eigenvalue weighted by Gasteiger charge is 2.19. The Labute approximate surface area is 143 Å². The van der Waals surface area contributed by atoms with Crippen molar-refractivity contribution in [3.63, 3.8) is 0 Å². The number of hydrogen-bond donors (Lipinski definition) is 1. The lowest BCUT2D eigenvalue weighted by Crippen LogP contribution is -2.18. The van der Waals surface area contributed by atoms with Crippen LogP contribution in [0.3, 0.4) is 0 Å². The topological polar surface area (TPSA) is 101 Å². The molecule has 9 heteroatoms. The number of rotatable bonds is 6. The molecule has 1 aromatic carbocycles. The summed E-state index contributed by atoms with van der Waals surface area (Å²) < 4.78 is 0. The molecule has 1 N–H and O–H groups in total. The van der Waals surface area contributed by atoms with Gasteiger partial charge in [0.15, 0.2) is 0 Å². The van der Waals surface area contributed by atoms with Crippen molar-refractivity contribution in [3.8, 4) is 0 Å². The first-order chi connectivity index (χ1) is 11.3. The van der Waals surface area contributed by atoms with Crippen LogP contribution in [-0.2, 0) is 6.42 Å². The van der Waals surface area contributed by atoms with Gasteiger partial charge in [0.25, 0.3) is 11.6 Å². The molecule has 0 aliphatic heterocycles. The minimum Gasteiger partial charge on any atom is -0.377 e. The minimum atomic E-state index is -0.526. The van der Waals surface area contributed by atoms with E-state index in [1.165, 1.54) is 23.5 Å². The van der Waals surface area contributed by atoms with Crippen LogP contribution in [0.5, 0.6) is 0 Å². The summed E-state index contributed by atoms with van der Waals surface area (Å²) in [6.45, 7) is 4.15. The van der Waals surface area contributed by atoms with Crippen molar-refractivity contribution < 1.29 is 9.72 Å². The number of amides is 1. The van der Waals surface area contributed by atoms with Crippen LogP contribution in [0.15, 0.2) is 18.2 Å². The third-order valence-corrected chi connectivity index (χ3v) is 4.05. The van der Waals surface area contributed by atoms with Crippen LogP contribution < -0.4 is 10.2 Å². The van der Waals surface area contributed by atoms with E-state index in [0.717, 1.165) is 11.4 Å². The second-order valence-electron chi connectivity index (χ2n) is 5.91. The highest BCUT2D eigenvalue weighted by Crippen LogP contribution is 2.26. The molecule has 0 aliphatic carbocycles. The third kappa shape index (κ3) is 4.25. The second-order valence-corrected chi connectivity index (χ2v) is 6.97. The fourth-order valence-electron chi connectivity index (χ4n) is 2.11. The van der Waals surface area contributed by atoms with Crippen molar-refractivity contribution in [2.24, 2.45) is 5.92 Å². The van der Waals surface area contributed by atoms with Gasteiger partial charge in [0.05, 0.1) is 10.5 Å². The summed E-state index contributed by atoms with van der Waals surface area (Å²) in [6, 6.07) is 4.19. The van der Waals surface area contributed by atoms with Crippen molar-refractivity contribution in [2.45, 2.75) is 20.3 Å². The normalized spacial score (nSPS) is 10.7. The Morgan fingerprint density at radius 1 is 1.38 bits per heavy atom. The fraction of sp³-hybridized carbons (Fsp3) is 0.400. The monoisotopic (exact) mass is 349 g/mol. The Balaban J connectivity index is 2.26. The van der Waals surface area contributed by atoms with Gasteiger partial charge in [-0.15, -0.1) is 10.2 Å². The summed E-state index contributed by atoms with van der Waals surface area (Å²) in [5.41, 5.74) is 0.670. The van der Waals surface area contributed by atoms with E-state index in [4.69, 9.17) is 0 Å². The quantitative estimate of drug-likeness (QED) is 0.635. The molecule has 0 spiro atoms. The Morgan fingerprint density at radius 3 is 2.67 bits per heavy atom. The molecule has 0 saturated heterocycles. The van der Waals surface area contributed by atoms with Crippen LogP contribution in [0.1, 0.15) is 29.2 Å². The zero-order valence-corrected chi connectivity index (χ0v) is 14.8. The van der Waals surface area contributed by atoms with Crippen LogP contribution in [0.25, 0.3) is 0 Å².